The van der Waals surface area contributed by atoms with Crippen molar-refractivity contribution in [2.75, 3.05) is 51.1 Å². The molecule has 3 amide bonds. The molecule has 4 rings (SSSR count). The van der Waals surface area contributed by atoms with Crippen LogP contribution in [0.1, 0.15) is 27.1 Å². The number of anilines is 1. The van der Waals surface area contributed by atoms with E-state index in [4.69, 9.17) is 11.6 Å². The zero-order valence-corrected chi connectivity index (χ0v) is 18.0. The van der Waals surface area contributed by atoms with E-state index >= 15 is 0 Å². The number of rotatable bonds is 7. The van der Waals surface area contributed by atoms with Crippen molar-refractivity contribution in [3.8, 4) is 0 Å². The Kier molecular flexibility index (Phi) is 6.65. The number of carbonyl (C=O) groups is 3. The molecule has 0 saturated carbocycles. The standard InChI is InChI=1S/C23H25ClN4O3/c24-19-8-3-4-9-20(19)25-21(29)16-27-14-12-26(13-15-27)10-5-11-28-22(30)17-6-1-2-7-18(17)23(28)31/h1-4,6-9H,5,10-16H2,(H,25,29). The lowest BCUT2D eigenvalue weighted by molar-refractivity contribution is -0.117. The molecule has 0 aromatic heterocycles. The minimum Gasteiger partial charge on any atom is -0.324 e. The van der Waals surface area contributed by atoms with Crippen molar-refractivity contribution < 1.29 is 14.4 Å². The van der Waals surface area contributed by atoms with Crippen LogP contribution >= 0.6 is 11.6 Å². The van der Waals surface area contributed by atoms with Crippen LogP contribution in [-0.4, -0.2) is 78.2 Å². The summed E-state index contributed by atoms with van der Waals surface area (Å²) in [6, 6.07) is 14.2. The first kappa shape index (κ1) is 21.5. The molecule has 162 valence electrons. The molecule has 0 bridgehead atoms. The molecule has 1 N–H and O–H groups in total. The largest absolute Gasteiger partial charge is 0.324 e. The smallest absolute Gasteiger partial charge is 0.261 e. The van der Waals surface area contributed by atoms with Crippen molar-refractivity contribution in [2.24, 2.45) is 0 Å². The van der Waals surface area contributed by atoms with Gasteiger partial charge in [0.25, 0.3) is 11.8 Å². The molecule has 31 heavy (non-hydrogen) atoms. The van der Waals surface area contributed by atoms with Crippen molar-refractivity contribution in [1.29, 1.82) is 0 Å². The Labute approximate surface area is 186 Å². The molecule has 2 aromatic rings. The Morgan fingerprint density at radius 1 is 0.839 bits per heavy atom. The fraction of sp³-hybridized carbons (Fsp3) is 0.348. The van der Waals surface area contributed by atoms with Crippen molar-refractivity contribution >= 4 is 35.0 Å². The fourth-order valence-corrected chi connectivity index (χ4v) is 4.20. The molecule has 0 radical (unpaired) electrons. The summed E-state index contributed by atoms with van der Waals surface area (Å²) in [4.78, 5) is 42.9. The number of benzene rings is 2. The van der Waals surface area contributed by atoms with Crippen LogP contribution < -0.4 is 5.32 Å². The first-order valence-corrected chi connectivity index (χ1v) is 10.8. The Morgan fingerprint density at radius 2 is 1.42 bits per heavy atom. The van der Waals surface area contributed by atoms with Gasteiger partial charge in [0, 0.05) is 32.7 Å². The molecule has 0 aliphatic carbocycles. The minimum atomic E-state index is -0.199. The van der Waals surface area contributed by atoms with Crippen LogP contribution in [0.15, 0.2) is 48.5 Å². The normalized spacial score (nSPS) is 17.1. The maximum atomic E-state index is 12.4. The van der Waals surface area contributed by atoms with Crippen LogP contribution in [-0.2, 0) is 4.79 Å². The highest BCUT2D eigenvalue weighted by Gasteiger charge is 2.34. The SMILES string of the molecule is O=C(CN1CCN(CCCN2C(=O)c3ccccc3C2=O)CC1)Nc1ccccc1Cl. The zero-order chi connectivity index (χ0) is 21.8. The lowest BCUT2D eigenvalue weighted by atomic mass is 10.1. The van der Waals surface area contributed by atoms with Crippen LogP contribution in [0.2, 0.25) is 5.02 Å². The molecule has 2 aliphatic rings. The molecule has 2 heterocycles. The van der Waals surface area contributed by atoms with Crippen molar-refractivity contribution in [3.63, 3.8) is 0 Å². The van der Waals surface area contributed by atoms with E-state index in [1.54, 1.807) is 36.4 Å². The molecule has 0 atom stereocenters. The second-order valence-electron chi connectivity index (χ2n) is 7.81. The van der Waals surface area contributed by atoms with Gasteiger partial charge in [0.2, 0.25) is 5.91 Å². The minimum absolute atomic E-state index is 0.0767. The summed E-state index contributed by atoms with van der Waals surface area (Å²) in [6.07, 6.45) is 0.735. The summed E-state index contributed by atoms with van der Waals surface area (Å²) in [5, 5.41) is 3.38. The van der Waals surface area contributed by atoms with E-state index in [0.29, 0.717) is 34.9 Å². The molecule has 1 saturated heterocycles. The summed E-state index contributed by atoms with van der Waals surface area (Å²) >= 11 is 6.09. The summed E-state index contributed by atoms with van der Waals surface area (Å²) < 4.78 is 0. The molecule has 8 heteroatoms. The first-order chi connectivity index (χ1) is 15.0. The number of fused-ring (bicyclic) bond motifs is 1. The predicted molar refractivity (Wildman–Crippen MR) is 119 cm³/mol. The third-order valence-corrected chi connectivity index (χ3v) is 6.04. The second-order valence-corrected chi connectivity index (χ2v) is 8.21. The first-order valence-electron chi connectivity index (χ1n) is 10.5. The quantitative estimate of drug-likeness (QED) is 0.670. The van der Waals surface area contributed by atoms with Crippen LogP contribution in [0.5, 0.6) is 0 Å². The van der Waals surface area contributed by atoms with E-state index in [-0.39, 0.29) is 17.7 Å². The van der Waals surface area contributed by atoms with Gasteiger partial charge in [0.05, 0.1) is 28.4 Å². The fourth-order valence-electron chi connectivity index (χ4n) is 4.02. The highest BCUT2D eigenvalue weighted by molar-refractivity contribution is 6.33. The van der Waals surface area contributed by atoms with E-state index in [2.05, 4.69) is 15.1 Å². The molecular weight excluding hydrogens is 416 g/mol. The summed E-state index contributed by atoms with van der Waals surface area (Å²) in [5.74, 6) is -0.475. The van der Waals surface area contributed by atoms with E-state index in [9.17, 15) is 14.4 Å². The molecule has 1 fully saturated rings. The van der Waals surface area contributed by atoms with Crippen LogP contribution in [0.3, 0.4) is 0 Å². The predicted octanol–water partition coefficient (Wildman–Crippen LogP) is 2.58. The maximum absolute atomic E-state index is 12.4. The summed E-state index contributed by atoms with van der Waals surface area (Å²) in [6.45, 7) is 4.85. The lowest BCUT2D eigenvalue weighted by Crippen LogP contribution is -2.49. The van der Waals surface area contributed by atoms with E-state index < -0.39 is 0 Å². The Morgan fingerprint density at radius 3 is 2.06 bits per heavy atom. The van der Waals surface area contributed by atoms with Gasteiger partial charge in [-0.3, -0.25) is 24.2 Å². The third kappa shape index (κ3) is 4.95. The number of halogens is 1. The molecule has 2 aliphatic heterocycles. The maximum Gasteiger partial charge on any atom is 0.261 e. The lowest BCUT2D eigenvalue weighted by Gasteiger charge is -2.34. The molecule has 0 spiro atoms. The Hall–Kier alpha value is -2.74. The third-order valence-electron chi connectivity index (χ3n) is 5.71. The van der Waals surface area contributed by atoms with Crippen molar-refractivity contribution in [1.82, 2.24) is 14.7 Å². The molecule has 7 nitrogen and oxygen atoms in total. The number of para-hydroxylation sites is 1. The van der Waals surface area contributed by atoms with E-state index in [0.717, 1.165) is 39.1 Å². The number of hydrogen-bond acceptors (Lipinski definition) is 5. The topological polar surface area (TPSA) is 73.0 Å². The summed E-state index contributed by atoms with van der Waals surface area (Å²) in [5.41, 5.74) is 1.62. The van der Waals surface area contributed by atoms with Crippen LogP contribution in [0, 0.1) is 0 Å². The number of nitrogens with zero attached hydrogens (tertiary/aromatic N) is 3. The second kappa shape index (κ2) is 9.60. The zero-order valence-electron chi connectivity index (χ0n) is 17.2. The van der Waals surface area contributed by atoms with Gasteiger partial charge in [-0.1, -0.05) is 35.9 Å². The van der Waals surface area contributed by atoms with Gasteiger partial charge in [0.15, 0.2) is 0 Å². The van der Waals surface area contributed by atoms with Gasteiger partial charge in [-0.05, 0) is 37.2 Å². The molecule has 2 aromatic carbocycles. The number of piperazine rings is 1. The summed E-state index contributed by atoms with van der Waals surface area (Å²) in [7, 11) is 0. The van der Waals surface area contributed by atoms with Crippen molar-refractivity contribution in [3.05, 3.63) is 64.7 Å². The van der Waals surface area contributed by atoms with Crippen LogP contribution in [0.25, 0.3) is 0 Å². The number of carbonyl (C=O) groups excluding carboxylic acids is 3. The van der Waals surface area contributed by atoms with Gasteiger partial charge in [-0.2, -0.15) is 0 Å². The van der Waals surface area contributed by atoms with Gasteiger partial charge in [0.1, 0.15) is 0 Å². The average Bonchev–Trinajstić information content (AvgIpc) is 3.02. The highest BCUT2D eigenvalue weighted by atomic mass is 35.5. The van der Waals surface area contributed by atoms with Gasteiger partial charge in [-0.15, -0.1) is 0 Å². The number of nitrogens with one attached hydrogen (secondary N) is 1. The van der Waals surface area contributed by atoms with E-state index in [1.165, 1.54) is 4.90 Å². The monoisotopic (exact) mass is 440 g/mol. The molecular formula is C23H25ClN4O3. The average molecular weight is 441 g/mol. The molecule has 0 unspecified atom stereocenters. The van der Waals surface area contributed by atoms with Crippen molar-refractivity contribution in [2.45, 2.75) is 6.42 Å². The van der Waals surface area contributed by atoms with Crippen LogP contribution in [0.4, 0.5) is 5.69 Å². The number of amides is 3. The highest BCUT2D eigenvalue weighted by Crippen LogP contribution is 2.23. The number of hydrogen-bond donors (Lipinski definition) is 1. The number of imide groups is 1. The Bertz CT molecular complexity index is 953. The van der Waals surface area contributed by atoms with Gasteiger partial charge >= 0.3 is 0 Å². The van der Waals surface area contributed by atoms with Gasteiger partial charge in [-0.25, -0.2) is 0 Å². The Balaban J connectivity index is 1.17. The van der Waals surface area contributed by atoms with E-state index in [1.807, 2.05) is 12.1 Å². The van der Waals surface area contributed by atoms with Gasteiger partial charge < -0.3 is 10.2 Å².